The molecule has 0 atom stereocenters. The Morgan fingerprint density at radius 2 is 2.00 bits per heavy atom. The van der Waals surface area contributed by atoms with Crippen molar-refractivity contribution in [1.82, 2.24) is 4.98 Å². The molecule has 0 saturated heterocycles. The first-order valence-corrected chi connectivity index (χ1v) is 6.50. The Morgan fingerprint density at radius 3 is 2.67 bits per heavy atom. The first kappa shape index (κ1) is 14.5. The zero-order chi connectivity index (χ0) is 15.2. The standard InChI is InChI=1S/C16H15N3O2/c1-11-6-7-13(9-17)16(19-11)18-10-14-5-3-2-4-12(14)8-15(20)21/h2-7H,8,10H2,1H3,(H,18,19)(H,20,21). The van der Waals surface area contributed by atoms with Crippen LogP contribution in [0.25, 0.3) is 0 Å². The van der Waals surface area contributed by atoms with Gasteiger partial charge in [-0.05, 0) is 30.2 Å². The molecule has 0 unspecified atom stereocenters. The Morgan fingerprint density at radius 1 is 1.29 bits per heavy atom. The molecule has 1 heterocycles. The number of carboxylic acids is 1. The summed E-state index contributed by atoms with van der Waals surface area (Å²) >= 11 is 0. The molecule has 0 bridgehead atoms. The van der Waals surface area contributed by atoms with Gasteiger partial charge < -0.3 is 10.4 Å². The van der Waals surface area contributed by atoms with Crippen LogP contribution in [0.4, 0.5) is 5.82 Å². The Labute approximate surface area is 122 Å². The largest absolute Gasteiger partial charge is 0.481 e. The topological polar surface area (TPSA) is 86.0 Å². The average molecular weight is 281 g/mol. The number of benzene rings is 1. The molecule has 5 heteroatoms. The highest BCUT2D eigenvalue weighted by molar-refractivity contribution is 5.70. The fourth-order valence-electron chi connectivity index (χ4n) is 2.03. The summed E-state index contributed by atoms with van der Waals surface area (Å²) in [5.41, 5.74) is 2.92. The van der Waals surface area contributed by atoms with Gasteiger partial charge in [0.2, 0.25) is 0 Å². The summed E-state index contributed by atoms with van der Waals surface area (Å²) in [5, 5.41) is 21.1. The van der Waals surface area contributed by atoms with Gasteiger partial charge in [-0.2, -0.15) is 5.26 Å². The molecule has 106 valence electrons. The fourth-order valence-corrected chi connectivity index (χ4v) is 2.03. The van der Waals surface area contributed by atoms with Crippen molar-refractivity contribution in [2.75, 3.05) is 5.32 Å². The summed E-state index contributed by atoms with van der Waals surface area (Å²) < 4.78 is 0. The van der Waals surface area contributed by atoms with Gasteiger partial charge in [0.05, 0.1) is 12.0 Å². The molecule has 21 heavy (non-hydrogen) atoms. The second-order valence-electron chi connectivity index (χ2n) is 4.65. The molecule has 2 rings (SSSR count). The van der Waals surface area contributed by atoms with Crippen LogP contribution in [0.15, 0.2) is 36.4 Å². The summed E-state index contributed by atoms with van der Waals surface area (Å²) in [6, 6.07) is 12.9. The number of carbonyl (C=O) groups is 1. The van der Waals surface area contributed by atoms with E-state index in [0.29, 0.717) is 17.9 Å². The summed E-state index contributed by atoms with van der Waals surface area (Å²) in [6.07, 6.45) is -0.0236. The quantitative estimate of drug-likeness (QED) is 0.879. The van der Waals surface area contributed by atoms with Crippen LogP contribution in [-0.4, -0.2) is 16.1 Å². The van der Waals surface area contributed by atoms with Crippen LogP contribution in [0.3, 0.4) is 0 Å². The number of hydrogen-bond donors (Lipinski definition) is 2. The van der Waals surface area contributed by atoms with E-state index in [1.807, 2.05) is 25.1 Å². The van der Waals surface area contributed by atoms with Gasteiger partial charge in [0.15, 0.2) is 0 Å². The summed E-state index contributed by atoms with van der Waals surface area (Å²) in [7, 11) is 0. The maximum Gasteiger partial charge on any atom is 0.307 e. The smallest absolute Gasteiger partial charge is 0.307 e. The van der Waals surface area contributed by atoms with E-state index in [-0.39, 0.29) is 6.42 Å². The highest BCUT2D eigenvalue weighted by Crippen LogP contribution is 2.16. The molecule has 5 nitrogen and oxygen atoms in total. The molecule has 0 fully saturated rings. The minimum absolute atomic E-state index is 0.0236. The van der Waals surface area contributed by atoms with E-state index < -0.39 is 5.97 Å². The predicted molar refractivity (Wildman–Crippen MR) is 78.8 cm³/mol. The molecule has 0 radical (unpaired) electrons. The van der Waals surface area contributed by atoms with Crippen LogP contribution in [0, 0.1) is 18.3 Å². The van der Waals surface area contributed by atoms with E-state index in [1.54, 1.807) is 18.2 Å². The molecular weight excluding hydrogens is 266 g/mol. The third kappa shape index (κ3) is 3.80. The van der Waals surface area contributed by atoms with E-state index >= 15 is 0 Å². The van der Waals surface area contributed by atoms with Crippen molar-refractivity contribution >= 4 is 11.8 Å². The van der Waals surface area contributed by atoms with Crippen LogP contribution < -0.4 is 5.32 Å². The summed E-state index contributed by atoms with van der Waals surface area (Å²) in [5.74, 6) is -0.350. The lowest BCUT2D eigenvalue weighted by Crippen LogP contribution is -2.09. The minimum atomic E-state index is -0.867. The highest BCUT2D eigenvalue weighted by Gasteiger charge is 2.08. The van der Waals surface area contributed by atoms with Gasteiger partial charge in [0.1, 0.15) is 11.9 Å². The average Bonchev–Trinajstić information content (AvgIpc) is 2.46. The summed E-state index contributed by atoms with van der Waals surface area (Å²) in [4.78, 5) is 15.2. The third-order valence-corrected chi connectivity index (χ3v) is 3.06. The number of anilines is 1. The number of nitrogens with one attached hydrogen (secondary N) is 1. The Balaban J connectivity index is 2.19. The highest BCUT2D eigenvalue weighted by atomic mass is 16.4. The summed E-state index contributed by atoms with van der Waals surface area (Å²) in [6.45, 7) is 2.28. The monoisotopic (exact) mass is 281 g/mol. The van der Waals surface area contributed by atoms with Gasteiger partial charge in [-0.3, -0.25) is 4.79 Å². The normalized spacial score (nSPS) is 9.90. The van der Waals surface area contributed by atoms with Crippen molar-refractivity contribution in [3.8, 4) is 6.07 Å². The SMILES string of the molecule is Cc1ccc(C#N)c(NCc2ccccc2CC(=O)O)n1. The lowest BCUT2D eigenvalue weighted by Gasteiger charge is -2.11. The molecule has 0 aliphatic carbocycles. The second kappa shape index (κ2) is 6.53. The molecule has 2 aromatic rings. The fraction of sp³-hybridized carbons (Fsp3) is 0.188. The maximum atomic E-state index is 10.9. The number of nitriles is 1. The first-order valence-electron chi connectivity index (χ1n) is 6.50. The van der Waals surface area contributed by atoms with Crippen LogP contribution in [0.2, 0.25) is 0 Å². The molecule has 1 aromatic heterocycles. The molecule has 0 saturated carbocycles. The Bertz CT molecular complexity index is 705. The number of aromatic nitrogens is 1. The van der Waals surface area contributed by atoms with Crippen molar-refractivity contribution in [2.24, 2.45) is 0 Å². The lowest BCUT2D eigenvalue weighted by molar-refractivity contribution is -0.136. The second-order valence-corrected chi connectivity index (χ2v) is 4.65. The molecular formula is C16H15N3O2. The Hall–Kier alpha value is -2.87. The number of hydrogen-bond acceptors (Lipinski definition) is 4. The molecule has 0 amide bonds. The molecule has 2 N–H and O–H groups in total. The van der Waals surface area contributed by atoms with E-state index in [2.05, 4.69) is 16.4 Å². The maximum absolute atomic E-state index is 10.9. The van der Waals surface area contributed by atoms with Crippen LogP contribution in [-0.2, 0) is 17.8 Å². The lowest BCUT2D eigenvalue weighted by atomic mass is 10.0. The van der Waals surface area contributed by atoms with Gasteiger partial charge in [0.25, 0.3) is 0 Å². The number of pyridine rings is 1. The van der Waals surface area contributed by atoms with Crippen molar-refractivity contribution in [3.05, 3.63) is 58.8 Å². The number of nitrogens with zero attached hydrogens (tertiary/aromatic N) is 2. The zero-order valence-electron chi connectivity index (χ0n) is 11.6. The Kier molecular flexibility index (Phi) is 4.52. The van der Waals surface area contributed by atoms with E-state index in [0.717, 1.165) is 16.8 Å². The number of carboxylic acid groups (broad SMARTS) is 1. The van der Waals surface area contributed by atoms with Crippen LogP contribution in [0.5, 0.6) is 0 Å². The van der Waals surface area contributed by atoms with Crippen LogP contribution in [0.1, 0.15) is 22.4 Å². The minimum Gasteiger partial charge on any atom is -0.481 e. The number of rotatable bonds is 5. The van der Waals surface area contributed by atoms with Gasteiger partial charge >= 0.3 is 5.97 Å². The molecule has 1 aromatic carbocycles. The van der Waals surface area contributed by atoms with Crippen molar-refractivity contribution in [2.45, 2.75) is 19.9 Å². The predicted octanol–water partition coefficient (Wildman–Crippen LogP) is 2.50. The van der Waals surface area contributed by atoms with Gasteiger partial charge in [-0.25, -0.2) is 4.98 Å². The van der Waals surface area contributed by atoms with Gasteiger partial charge in [0, 0.05) is 12.2 Å². The third-order valence-electron chi connectivity index (χ3n) is 3.06. The number of aryl methyl sites for hydroxylation is 1. The van der Waals surface area contributed by atoms with Crippen molar-refractivity contribution in [3.63, 3.8) is 0 Å². The number of aliphatic carboxylic acids is 1. The van der Waals surface area contributed by atoms with E-state index in [4.69, 9.17) is 10.4 Å². The van der Waals surface area contributed by atoms with Gasteiger partial charge in [-0.15, -0.1) is 0 Å². The molecule has 0 spiro atoms. The van der Waals surface area contributed by atoms with E-state index in [1.165, 1.54) is 0 Å². The van der Waals surface area contributed by atoms with Crippen molar-refractivity contribution < 1.29 is 9.90 Å². The zero-order valence-corrected chi connectivity index (χ0v) is 11.6. The van der Waals surface area contributed by atoms with E-state index in [9.17, 15) is 4.79 Å². The first-order chi connectivity index (χ1) is 10.1. The molecule has 0 aliphatic heterocycles. The molecule has 0 aliphatic rings. The van der Waals surface area contributed by atoms with Crippen molar-refractivity contribution in [1.29, 1.82) is 5.26 Å². The van der Waals surface area contributed by atoms with Gasteiger partial charge in [-0.1, -0.05) is 24.3 Å². The van der Waals surface area contributed by atoms with Crippen LogP contribution >= 0.6 is 0 Å².